The predicted molar refractivity (Wildman–Crippen MR) is 153 cm³/mol. The van der Waals surface area contributed by atoms with Gasteiger partial charge in [-0.15, -0.1) is 0 Å². The number of carbonyl (C=O) groups excluding carboxylic acids is 3. The summed E-state index contributed by atoms with van der Waals surface area (Å²) in [6, 6.07) is 8.55. The van der Waals surface area contributed by atoms with Crippen LogP contribution in [0, 0.1) is 0 Å². The zero-order valence-electron chi connectivity index (χ0n) is 24.0. The molecule has 220 valence electrons. The van der Waals surface area contributed by atoms with Gasteiger partial charge in [0.15, 0.2) is 5.75 Å². The highest BCUT2D eigenvalue weighted by Crippen LogP contribution is 2.26. The molecule has 2 aromatic rings. The molecule has 0 bridgehead atoms. The molecule has 1 aromatic heterocycles. The van der Waals surface area contributed by atoms with Crippen LogP contribution in [0.4, 0.5) is 10.5 Å². The number of esters is 1. The molecule has 0 unspecified atom stereocenters. The molecule has 2 rings (SSSR count). The van der Waals surface area contributed by atoms with Gasteiger partial charge in [-0.25, -0.2) is 9.78 Å². The molecule has 0 aliphatic rings. The van der Waals surface area contributed by atoms with Crippen molar-refractivity contribution in [3.8, 4) is 17.4 Å². The molecule has 0 spiro atoms. The standard InChI is InChI=1S/C30H43N3O7/c1-4-6-8-10-11-13-18-38-25-16-14-24(15-17-25)33-28(35)23-20-26(37-3)29(31-21-23)40-30(36)32-22-27(34)39-19-12-9-7-5-2/h14-17,20-21H,4-13,18-19,22H2,1-3H3,(H,32,36)(H,33,35). The Bertz CT molecular complexity index is 1040. The lowest BCUT2D eigenvalue weighted by atomic mass is 10.1. The molecule has 1 aromatic carbocycles. The highest BCUT2D eigenvalue weighted by atomic mass is 16.6. The molecule has 10 heteroatoms. The lowest BCUT2D eigenvalue weighted by molar-refractivity contribution is -0.142. The highest BCUT2D eigenvalue weighted by Gasteiger charge is 2.16. The molecule has 0 atom stereocenters. The van der Waals surface area contributed by atoms with Gasteiger partial charge in [0.05, 0.1) is 25.9 Å². The monoisotopic (exact) mass is 557 g/mol. The smallest absolute Gasteiger partial charge is 0.414 e. The number of amides is 2. The summed E-state index contributed by atoms with van der Waals surface area (Å²) >= 11 is 0. The van der Waals surface area contributed by atoms with Crippen LogP contribution in [0.1, 0.15) is 88.4 Å². The van der Waals surface area contributed by atoms with E-state index >= 15 is 0 Å². The second-order valence-electron chi connectivity index (χ2n) is 9.35. The number of hydrogen-bond acceptors (Lipinski definition) is 8. The molecule has 0 aliphatic carbocycles. The third-order valence-corrected chi connectivity index (χ3v) is 6.01. The number of ether oxygens (including phenoxy) is 4. The van der Waals surface area contributed by atoms with Gasteiger partial charge in [-0.05, 0) is 37.1 Å². The number of rotatable bonds is 19. The number of methoxy groups -OCH3 is 1. The van der Waals surface area contributed by atoms with Gasteiger partial charge in [-0.1, -0.05) is 65.2 Å². The molecule has 40 heavy (non-hydrogen) atoms. The van der Waals surface area contributed by atoms with Gasteiger partial charge in [0, 0.05) is 18.0 Å². The van der Waals surface area contributed by atoms with Gasteiger partial charge in [-0.2, -0.15) is 0 Å². The summed E-state index contributed by atoms with van der Waals surface area (Å²) < 4.78 is 21.2. The molecule has 0 radical (unpaired) electrons. The average Bonchev–Trinajstić information content (AvgIpc) is 2.96. The van der Waals surface area contributed by atoms with Crippen molar-refractivity contribution in [3.63, 3.8) is 0 Å². The number of hydrogen-bond donors (Lipinski definition) is 2. The molecular formula is C30H43N3O7. The van der Waals surface area contributed by atoms with Crippen LogP contribution in [-0.4, -0.2) is 49.8 Å². The van der Waals surface area contributed by atoms with E-state index < -0.39 is 18.0 Å². The molecule has 0 saturated carbocycles. The minimum absolute atomic E-state index is 0.0831. The van der Waals surface area contributed by atoms with E-state index in [0.29, 0.717) is 18.9 Å². The fraction of sp³-hybridized carbons (Fsp3) is 0.533. The lowest BCUT2D eigenvalue weighted by Crippen LogP contribution is -2.33. The van der Waals surface area contributed by atoms with Gasteiger partial charge in [-0.3, -0.25) is 9.59 Å². The fourth-order valence-electron chi connectivity index (χ4n) is 3.72. The topological polar surface area (TPSA) is 125 Å². The first-order valence-electron chi connectivity index (χ1n) is 14.2. The second kappa shape index (κ2) is 19.3. The Morgan fingerprint density at radius 1 is 0.850 bits per heavy atom. The van der Waals surface area contributed by atoms with Crippen LogP contribution in [0.5, 0.6) is 17.4 Å². The summed E-state index contributed by atoms with van der Waals surface area (Å²) in [7, 11) is 1.36. The zero-order chi connectivity index (χ0) is 29.0. The predicted octanol–water partition coefficient (Wildman–Crippen LogP) is 6.29. The summed E-state index contributed by atoms with van der Waals surface area (Å²) in [5.74, 6) is -0.284. The highest BCUT2D eigenvalue weighted by molar-refractivity contribution is 6.04. The van der Waals surface area contributed by atoms with Crippen molar-refractivity contribution >= 4 is 23.7 Å². The van der Waals surface area contributed by atoms with E-state index in [-0.39, 0.29) is 23.7 Å². The first kappa shape index (κ1) is 32.4. The Morgan fingerprint density at radius 3 is 2.20 bits per heavy atom. The minimum atomic E-state index is -0.898. The minimum Gasteiger partial charge on any atom is -0.494 e. The lowest BCUT2D eigenvalue weighted by Gasteiger charge is -2.11. The Balaban J connectivity index is 1.79. The molecule has 2 amide bonds. The van der Waals surface area contributed by atoms with Crippen molar-refractivity contribution in [2.24, 2.45) is 0 Å². The van der Waals surface area contributed by atoms with Crippen molar-refractivity contribution in [2.75, 3.05) is 32.2 Å². The van der Waals surface area contributed by atoms with E-state index in [0.717, 1.165) is 44.3 Å². The van der Waals surface area contributed by atoms with Crippen molar-refractivity contribution in [1.29, 1.82) is 0 Å². The van der Waals surface area contributed by atoms with Crippen LogP contribution in [0.3, 0.4) is 0 Å². The van der Waals surface area contributed by atoms with E-state index in [1.165, 1.54) is 45.1 Å². The number of pyridine rings is 1. The summed E-state index contributed by atoms with van der Waals surface area (Å²) in [6.45, 7) is 4.95. The number of aromatic nitrogens is 1. The maximum Gasteiger partial charge on any atom is 0.414 e. The fourth-order valence-corrected chi connectivity index (χ4v) is 3.72. The van der Waals surface area contributed by atoms with E-state index in [9.17, 15) is 14.4 Å². The van der Waals surface area contributed by atoms with Gasteiger partial charge < -0.3 is 29.6 Å². The zero-order valence-corrected chi connectivity index (χ0v) is 24.0. The van der Waals surface area contributed by atoms with Gasteiger partial charge in [0.1, 0.15) is 12.3 Å². The van der Waals surface area contributed by atoms with Crippen LogP contribution in [0.2, 0.25) is 0 Å². The second-order valence-corrected chi connectivity index (χ2v) is 9.35. The van der Waals surface area contributed by atoms with Crippen LogP contribution in [0.15, 0.2) is 36.5 Å². The van der Waals surface area contributed by atoms with Crippen LogP contribution in [-0.2, 0) is 9.53 Å². The first-order chi connectivity index (χ1) is 19.5. The van der Waals surface area contributed by atoms with Gasteiger partial charge >= 0.3 is 12.1 Å². The van der Waals surface area contributed by atoms with Crippen molar-refractivity contribution in [2.45, 2.75) is 78.1 Å². The maximum absolute atomic E-state index is 12.7. The van der Waals surface area contributed by atoms with E-state index in [4.69, 9.17) is 18.9 Å². The van der Waals surface area contributed by atoms with Crippen molar-refractivity contribution < 1.29 is 33.3 Å². The molecule has 0 saturated heterocycles. The van der Waals surface area contributed by atoms with Crippen molar-refractivity contribution in [3.05, 3.63) is 42.1 Å². The molecule has 10 nitrogen and oxygen atoms in total. The summed E-state index contributed by atoms with van der Waals surface area (Å²) in [6.07, 6.45) is 11.5. The normalized spacial score (nSPS) is 10.5. The molecule has 2 N–H and O–H groups in total. The Labute approximate surface area is 237 Å². The van der Waals surface area contributed by atoms with E-state index in [2.05, 4.69) is 29.5 Å². The first-order valence-corrected chi connectivity index (χ1v) is 14.2. The summed E-state index contributed by atoms with van der Waals surface area (Å²) in [4.78, 5) is 40.6. The van der Waals surface area contributed by atoms with Crippen LogP contribution < -0.4 is 24.8 Å². The number of carbonyl (C=O) groups is 3. The SMILES string of the molecule is CCCCCCCCOc1ccc(NC(=O)c2cnc(OC(=O)NCC(=O)OCCCCCC)c(OC)c2)cc1. The quantitative estimate of drug-likeness (QED) is 0.152. The molecule has 1 heterocycles. The van der Waals surface area contributed by atoms with Crippen molar-refractivity contribution in [1.82, 2.24) is 10.3 Å². The molecule has 0 aliphatic heterocycles. The largest absolute Gasteiger partial charge is 0.494 e. The van der Waals surface area contributed by atoms with E-state index in [1.54, 1.807) is 12.1 Å². The molecular weight excluding hydrogens is 514 g/mol. The van der Waals surface area contributed by atoms with E-state index in [1.807, 2.05) is 12.1 Å². The Hall–Kier alpha value is -3.82. The number of nitrogens with one attached hydrogen (secondary N) is 2. The third-order valence-electron chi connectivity index (χ3n) is 6.01. The number of unbranched alkanes of at least 4 members (excludes halogenated alkanes) is 8. The number of nitrogens with zero attached hydrogens (tertiary/aromatic N) is 1. The van der Waals surface area contributed by atoms with Gasteiger partial charge in [0.2, 0.25) is 0 Å². The van der Waals surface area contributed by atoms with Crippen LogP contribution in [0.25, 0.3) is 0 Å². The third kappa shape index (κ3) is 12.8. The number of anilines is 1. The number of benzene rings is 1. The maximum atomic E-state index is 12.7. The Kier molecular flexibility index (Phi) is 15.6. The Morgan fingerprint density at radius 2 is 1.50 bits per heavy atom. The van der Waals surface area contributed by atoms with Gasteiger partial charge in [0.25, 0.3) is 11.8 Å². The average molecular weight is 558 g/mol. The van der Waals surface area contributed by atoms with Crippen LogP contribution >= 0.6 is 0 Å². The summed E-state index contributed by atoms with van der Waals surface area (Å²) in [5.41, 5.74) is 0.799. The molecule has 0 fully saturated rings. The summed E-state index contributed by atoms with van der Waals surface area (Å²) in [5, 5.41) is 5.11.